The van der Waals surface area contributed by atoms with Crippen LogP contribution in [0.5, 0.6) is 0 Å². The largest absolute Gasteiger partial charge is 0.360 e. The lowest BCUT2D eigenvalue weighted by Crippen LogP contribution is -2.58. The average molecular weight is 238 g/mol. The molecule has 1 N–H and O–H groups in total. The average Bonchev–Trinajstić information content (AvgIpc) is 2.72. The summed E-state index contributed by atoms with van der Waals surface area (Å²) in [6, 6.07) is 0. The van der Waals surface area contributed by atoms with Gasteiger partial charge in [0.25, 0.3) is 0 Å². The van der Waals surface area contributed by atoms with Gasteiger partial charge in [0.05, 0.1) is 6.61 Å². The molecule has 0 aromatic heterocycles. The molecular formula is C14H26N2O. The van der Waals surface area contributed by atoms with Crippen molar-refractivity contribution in [3.05, 3.63) is 0 Å². The number of hydrogen-bond donors (Lipinski definition) is 1. The van der Waals surface area contributed by atoms with Crippen molar-refractivity contribution in [1.29, 1.82) is 0 Å². The van der Waals surface area contributed by atoms with E-state index in [1.807, 2.05) is 0 Å². The van der Waals surface area contributed by atoms with E-state index in [0.29, 0.717) is 5.41 Å². The van der Waals surface area contributed by atoms with Crippen LogP contribution in [0.2, 0.25) is 0 Å². The summed E-state index contributed by atoms with van der Waals surface area (Å²) in [4.78, 5) is 2.43. The fourth-order valence-electron chi connectivity index (χ4n) is 3.75. The molecule has 2 spiro atoms. The van der Waals surface area contributed by atoms with Crippen molar-refractivity contribution in [2.75, 3.05) is 33.3 Å². The Balaban J connectivity index is 1.62. The van der Waals surface area contributed by atoms with Crippen LogP contribution in [0.1, 0.15) is 44.9 Å². The van der Waals surface area contributed by atoms with Crippen molar-refractivity contribution in [1.82, 2.24) is 10.2 Å². The molecule has 2 heterocycles. The zero-order valence-electron chi connectivity index (χ0n) is 11.1. The van der Waals surface area contributed by atoms with Crippen LogP contribution in [0.4, 0.5) is 0 Å². The first-order valence-electron chi connectivity index (χ1n) is 7.30. The second-order valence-corrected chi connectivity index (χ2v) is 6.50. The molecule has 1 unspecified atom stereocenters. The van der Waals surface area contributed by atoms with Gasteiger partial charge in [-0.1, -0.05) is 12.8 Å². The predicted molar refractivity (Wildman–Crippen MR) is 68.9 cm³/mol. The number of likely N-dealkylation sites (tertiary alicyclic amines) is 1. The second kappa shape index (κ2) is 4.52. The van der Waals surface area contributed by atoms with Gasteiger partial charge in [0.2, 0.25) is 0 Å². The quantitative estimate of drug-likeness (QED) is 0.698. The minimum absolute atomic E-state index is 0.0125. The minimum atomic E-state index is 0.0125. The first-order valence-corrected chi connectivity index (χ1v) is 7.30. The molecule has 17 heavy (non-hydrogen) atoms. The summed E-state index contributed by atoms with van der Waals surface area (Å²) in [7, 11) is 2.22. The molecule has 2 aliphatic heterocycles. The van der Waals surface area contributed by atoms with Crippen molar-refractivity contribution in [2.45, 2.75) is 50.7 Å². The lowest BCUT2D eigenvalue weighted by Gasteiger charge is -2.46. The first-order chi connectivity index (χ1) is 8.22. The van der Waals surface area contributed by atoms with Crippen molar-refractivity contribution in [3.8, 4) is 0 Å². The minimum Gasteiger partial charge on any atom is -0.360 e. The fourth-order valence-corrected chi connectivity index (χ4v) is 3.75. The van der Waals surface area contributed by atoms with E-state index in [2.05, 4.69) is 17.3 Å². The standard InChI is InChI=1S/C14H26N2O/c1-16-9-4-7-14(8-10-16)15-11-13(12-17-14)5-2-3-6-13/h15H,2-12H2,1H3. The predicted octanol–water partition coefficient (Wildman–Crippen LogP) is 1.98. The molecule has 3 aliphatic rings. The molecule has 0 aromatic carbocycles. The van der Waals surface area contributed by atoms with Crippen LogP contribution >= 0.6 is 0 Å². The molecule has 0 amide bonds. The highest BCUT2D eigenvalue weighted by Gasteiger charge is 2.44. The zero-order valence-corrected chi connectivity index (χ0v) is 11.1. The highest BCUT2D eigenvalue weighted by Crippen LogP contribution is 2.42. The molecule has 1 atom stereocenters. The first kappa shape index (κ1) is 11.9. The fraction of sp³-hybridized carbons (Fsp3) is 1.00. The molecule has 1 saturated carbocycles. The molecule has 2 saturated heterocycles. The Morgan fingerprint density at radius 2 is 1.82 bits per heavy atom. The van der Waals surface area contributed by atoms with Gasteiger partial charge in [0.15, 0.2) is 0 Å². The van der Waals surface area contributed by atoms with Gasteiger partial charge in [-0.2, -0.15) is 0 Å². The highest BCUT2D eigenvalue weighted by atomic mass is 16.5. The van der Waals surface area contributed by atoms with Gasteiger partial charge < -0.3 is 9.64 Å². The van der Waals surface area contributed by atoms with Crippen molar-refractivity contribution in [2.24, 2.45) is 5.41 Å². The van der Waals surface area contributed by atoms with Gasteiger partial charge in [-0.15, -0.1) is 0 Å². The number of nitrogens with one attached hydrogen (secondary N) is 1. The SMILES string of the molecule is CN1CCCC2(CC1)NCC1(CCCC1)CO2. The van der Waals surface area contributed by atoms with Crippen LogP contribution in [0.3, 0.4) is 0 Å². The molecule has 1 aliphatic carbocycles. The summed E-state index contributed by atoms with van der Waals surface area (Å²) >= 11 is 0. The monoisotopic (exact) mass is 238 g/mol. The molecule has 3 rings (SSSR count). The third-order valence-corrected chi connectivity index (χ3v) is 5.12. The Bertz CT molecular complexity index is 263. The van der Waals surface area contributed by atoms with E-state index in [9.17, 15) is 0 Å². The normalized spacial score (nSPS) is 38.6. The Labute approximate surface area is 105 Å². The lowest BCUT2D eigenvalue weighted by atomic mass is 9.84. The smallest absolute Gasteiger partial charge is 0.120 e. The number of hydrogen-bond acceptors (Lipinski definition) is 3. The van der Waals surface area contributed by atoms with Gasteiger partial charge in [-0.3, -0.25) is 5.32 Å². The van der Waals surface area contributed by atoms with Gasteiger partial charge in [-0.25, -0.2) is 0 Å². The van der Waals surface area contributed by atoms with E-state index in [0.717, 1.165) is 13.0 Å². The summed E-state index contributed by atoms with van der Waals surface area (Å²) in [6.07, 6.45) is 9.15. The van der Waals surface area contributed by atoms with Gasteiger partial charge in [0, 0.05) is 24.9 Å². The maximum Gasteiger partial charge on any atom is 0.120 e. The van der Waals surface area contributed by atoms with Gasteiger partial charge in [0.1, 0.15) is 5.72 Å². The van der Waals surface area contributed by atoms with E-state index < -0.39 is 0 Å². The van der Waals surface area contributed by atoms with E-state index in [1.54, 1.807) is 0 Å². The molecule has 98 valence electrons. The highest BCUT2D eigenvalue weighted by molar-refractivity contribution is 4.95. The van der Waals surface area contributed by atoms with Crippen molar-refractivity contribution in [3.63, 3.8) is 0 Å². The van der Waals surface area contributed by atoms with E-state index in [-0.39, 0.29) is 5.72 Å². The van der Waals surface area contributed by atoms with Gasteiger partial charge >= 0.3 is 0 Å². The third kappa shape index (κ3) is 2.38. The van der Waals surface area contributed by atoms with Crippen molar-refractivity contribution >= 4 is 0 Å². The van der Waals surface area contributed by atoms with Crippen LogP contribution in [0.25, 0.3) is 0 Å². The molecule has 0 bridgehead atoms. The maximum atomic E-state index is 6.33. The summed E-state index contributed by atoms with van der Waals surface area (Å²) in [5.74, 6) is 0. The second-order valence-electron chi connectivity index (χ2n) is 6.50. The van der Waals surface area contributed by atoms with Crippen LogP contribution in [-0.4, -0.2) is 43.9 Å². The van der Waals surface area contributed by atoms with Gasteiger partial charge in [-0.05, 0) is 39.3 Å². The van der Waals surface area contributed by atoms with E-state index >= 15 is 0 Å². The topological polar surface area (TPSA) is 24.5 Å². The van der Waals surface area contributed by atoms with Crippen molar-refractivity contribution < 1.29 is 4.74 Å². The van der Waals surface area contributed by atoms with Crippen LogP contribution in [0, 0.1) is 5.41 Å². The molecule has 0 radical (unpaired) electrons. The Hall–Kier alpha value is -0.120. The number of ether oxygens (including phenoxy) is 1. The Morgan fingerprint density at radius 3 is 2.53 bits per heavy atom. The summed E-state index contributed by atoms with van der Waals surface area (Å²) in [6.45, 7) is 4.58. The maximum absolute atomic E-state index is 6.33. The summed E-state index contributed by atoms with van der Waals surface area (Å²) in [5.41, 5.74) is 0.502. The summed E-state index contributed by atoms with van der Waals surface area (Å²) in [5, 5.41) is 3.78. The molecule has 3 fully saturated rings. The molecule has 3 nitrogen and oxygen atoms in total. The summed E-state index contributed by atoms with van der Waals surface area (Å²) < 4.78 is 6.33. The molecule has 3 heteroatoms. The Kier molecular flexibility index (Phi) is 3.18. The number of rotatable bonds is 0. The molecular weight excluding hydrogens is 212 g/mol. The lowest BCUT2D eigenvalue weighted by molar-refractivity contribution is -0.150. The zero-order chi connectivity index (χ0) is 11.8. The van der Waals surface area contributed by atoms with Crippen LogP contribution in [0.15, 0.2) is 0 Å². The third-order valence-electron chi connectivity index (χ3n) is 5.12. The Morgan fingerprint density at radius 1 is 1.00 bits per heavy atom. The van der Waals surface area contributed by atoms with Crippen LogP contribution < -0.4 is 5.32 Å². The van der Waals surface area contributed by atoms with Crippen LogP contribution in [-0.2, 0) is 4.74 Å². The number of nitrogens with zero attached hydrogens (tertiary/aromatic N) is 1. The molecule has 0 aromatic rings. The van der Waals surface area contributed by atoms with E-state index in [1.165, 1.54) is 58.2 Å². The van der Waals surface area contributed by atoms with E-state index in [4.69, 9.17) is 4.74 Å².